The normalized spacial score (nSPS) is 14.5. The Morgan fingerprint density at radius 3 is 2.14 bits per heavy atom. The molecule has 8 heteroatoms. The van der Waals surface area contributed by atoms with Crippen molar-refractivity contribution in [2.24, 2.45) is 0 Å². The number of phenolic OH excluding ortho intramolecular Hbond substituents is 3. The van der Waals surface area contributed by atoms with Crippen LogP contribution in [0.2, 0.25) is 5.02 Å². The van der Waals surface area contributed by atoms with Gasteiger partial charge in [0.05, 0.1) is 0 Å². The Balaban J connectivity index is 1.57. The van der Waals surface area contributed by atoms with Gasteiger partial charge in [-0.2, -0.15) is 0 Å². The first-order valence-corrected chi connectivity index (χ1v) is 9.79. The van der Waals surface area contributed by atoms with Crippen molar-refractivity contribution >= 4 is 23.4 Å². The molecule has 0 bridgehead atoms. The minimum absolute atomic E-state index is 0.0363. The summed E-state index contributed by atoms with van der Waals surface area (Å²) in [5.41, 5.74) is 1.13. The number of aromatic hydroxyl groups is 3. The van der Waals surface area contributed by atoms with Crippen molar-refractivity contribution in [1.29, 1.82) is 0 Å². The van der Waals surface area contributed by atoms with Crippen LogP contribution < -0.4 is 0 Å². The Morgan fingerprint density at radius 2 is 1.48 bits per heavy atom. The molecule has 2 aromatic rings. The van der Waals surface area contributed by atoms with E-state index in [1.165, 1.54) is 0 Å². The number of aryl methyl sites for hydroxylation is 1. The smallest absolute Gasteiger partial charge is 0.254 e. The van der Waals surface area contributed by atoms with Crippen molar-refractivity contribution in [3.63, 3.8) is 0 Å². The molecule has 3 N–H and O–H groups in total. The van der Waals surface area contributed by atoms with Gasteiger partial charge in [0.15, 0.2) is 17.2 Å². The van der Waals surface area contributed by atoms with E-state index in [1.807, 2.05) is 12.1 Å². The lowest BCUT2D eigenvalue weighted by Gasteiger charge is -2.22. The molecule has 0 saturated carbocycles. The van der Waals surface area contributed by atoms with Crippen molar-refractivity contribution < 1.29 is 24.9 Å². The first-order valence-electron chi connectivity index (χ1n) is 9.41. The highest BCUT2D eigenvalue weighted by Crippen LogP contribution is 2.35. The fourth-order valence-electron chi connectivity index (χ4n) is 3.34. The molecule has 0 spiro atoms. The predicted molar refractivity (Wildman–Crippen MR) is 108 cm³/mol. The molecule has 0 aromatic heterocycles. The van der Waals surface area contributed by atoms with Crippen LogP contribution in [0.3, 0.4) is 0 Å². The van der Waals surface area contributed by atoms with E-state index in [2.05, 4.69) is 0 Å². The van der Waals surface area contributed by atoms with Gasteiger partial charge in [0.1, 0.15) is 0 Å². The summed E-state index contributed by atoms with van der Waals surface area (Å²) in [5.74, 6) is -2.10. The highest BCUT2D eigenvalue weighted by Gasteiger charge is 2.24. The SMILES string of the molecule is O=C(CCc1ccc(Cl)cc1)N1CCCN(C(=O)c2cc(O)c(O)c(O)c2)CC1. The molecule has 0 unspecified atom stereocenters. The van der Waals surface area contributed by atoms with Gasteiger partial charge in [-0.05, 0) is 42.7 Å². The van der Waals surface area contributed by atoms with E-state index >= 15 is 0 Å². The predicted octanol–water partition coefficient (Wildman–Crippen LogP) is 2.76. The van der Waals surface area contributed by atoms with Crippen molar-refractivity contribution in [3.8, 4) is 17.2 Å². The van der Waals surface area contributed by atoms with Gasteiger partial charge in [-0.25, -0.2) is 0 Å². The first kappa shape index (κ1) is 20.8. The Bertz CT molecular complexity index is 877. The van der Waals surface area contributed by atoms with Crippen LogP contribution in [0, 0.1) is 0 Å². The number of phenols is 3. The quantitative estimate of drug-likeness (QED) is 0.663. The maximum atomic E-state index is 12.7. The highest BCUT2D eigenvalue weighted by atomic mass is 35.5. The molecule has 0 atom stereocenters. The molecule has 3 rings (SSSR count). The van der Waals surface area contributed by atoms with Crippen LogP contribution in [0.1, 0.15) is 28.8 Å². The Morgan fingerprint density at radius 1 is 0.897 bits per heavy atom. The Labute approximate surface area is 173 Å². The Hall–Kier alpha value is -2.93. The van der Waals surface area contributed by atoms with Gasteiger partial charge in [-0.3, -0.25) is 9.59 Å². The number of hydrogen-bond donors (Lipinski definition) is 3. The Kier molecular flexibility index (Phi) is 6.49. The van der Waals surface area contributed by atoms with Crippen molar-refractivity contribution in [1.82, 2.24) is 9.80 Å². The lowest BCUT2D eigenvalue weighted by molar-refractivity contribution is -0.131. The molecule has 1 saturated heterocycles. The number of carbonyl (C=O) groups is 2. The van der Waals surface area contributed by atoms with Crippen LogP contribution in [-0.2, 0) is 11.2 Å². The lowest BCUT2D eigenvalue weighted by atomic mass is 10.1. The molecular formula is C21H23ClN2O5. The third-order valence-corrected chi connectivity index (χ3v) is 5.25. The van der Waals surface area contributed by atoms with Crippen LogP contribution in [0.5, 0.6) is 17.2 Å². The van der Waals surface area contributed by atoms with Gasteiger partial charge in [-0.15, -0.1) is 0 Å². The molecule has 1 aliphatic rings. The van der Waals surface area contributed by atoms with E-state index in [1.54, 1.807) is 21.9 Å². The van der Waals surface area contributed by atoms with Gasteiger partial charge >= 0.3 is 0 Å². The third-order valence-electron chi connectivity index (χ3n) is 4.99. The summed E-state index contributed by atoms with van der Waals surface area (Å²) >= 11 is 5.88. The van der Waals surface area contributed by atoms with Gasteiger partial charge < -0.3 is 25.1 Å². The second-order valence-electron chi connectivity index (χ2n) is 7.02. The van der Waals surface area contributed by atoms with Crippen LogP contribution in [0.4, 0.5) is 0 Å². The van der Waals surface area contributed by atoms with Crippen LogP contribution in [0.15, 0.2) is 36.4 Å². The summed E-state index contributed by atoms with van der Waals surface area (Å²) in [4.78, 5) is 28.6. The zero-order valence-electron chi connectivity index (χ0n) is 15.8. The topological polar surface area (TPSA) is 101 Å². The fourth-order valence-corrected chi connectivity index (χ4v) is 3.47. The molecule has 154 valence electrons. The largest absolute Gasteiger partial charge is 0.504 e. The number of amides is 2. The molecule has 2 amide bonds. The average Bonchev–Trinajstić information content (AvgIpc) is 2.97. The second kappa shape index (κ2) is 9.05. The standard InChI is InChI=1S/C21H23ClN2O5/c22-16-5-2-14(3-6-16)4-7-19(27)23-8-1-9-24(11-10-23)21(29)15-12-17(25)20(28)18(26)13-15/h2-3,5-6,12-13,25-26,28H,1,4,7-11H2. The van der Waals surface area contributed by atoms with E-state index < -0.39 is 17.2 Å². The van der Waals surface area contributed by atoms with E-state index in [0.29, 0.717) is 50.5 Å². The zero-order valence-corrected chi connectivity index (χ0v) is 16.6. The molecule has 1 fully saturated rings. The van der Waals surface area contributed by atoms with E-state index in [0.717, 1.165) is 17.7 Å². The van der Waals surface area contributed by atoms with Gasteiger partial charge in [0, 0.05) is 43.2 Å². The lowest BCUT2D eigenvalue weighted by Crippen LogP contribution is -2.37. The summed E-state index contributed by atoms with van der Waals surface area (Å²) in [7, 11) is 0. The van der Waals surface area contributed by atoms with E-state index in [4.69, 9.17) is 11.6 Å². The average molecular weight is 419 g/mol. The first-order chi connectivity index (χ1) is 13.8. The van der Waals surface area contributed by atoms with Crippen molar-refractivity contribution in [3.05, 3.63) is 52.5 Å². The summed E-state index contributed by atoms with van der Waals surface area (Å²) in [6, 6.07) is 9.65. The van der Waals surface area contributed by atoms with Crippen LogP contribution >= 0.6 is 11.6 Å². The third kappa shape index (κ3) is 5.12. The van der Waals surface area contributed by atoms with Crippen molar-refractivity contribution in [2.75, 3.05) is 26.2 Å². The number of nitrogens with zero attached hydrogens (tertiary/aromatic N) is 2. The van der Waals surface area contributed by atoms with Gasteiger partial charge in [0.2, 0.25) is 5.91 Å². The molecule has 29 heavy (non-hydrogen) atoms. The maximum absolute atomic E-state index is 12.7. The molecule has 0 radical (unpaired) electrons. The summed E-state index contributed by atoms with van der Waals surface area (Å²) in [6.07, 6.45) is 1.64. The molecule has 1 heterocycles. The number of hydrogen-bond acceptors (Lipinski definition) is 5. The molecule has 0 aliphatic carbocycles. The van der Waals surface area contributed by atoms with E-state index in [9.17, 15) is 24.9 Å². The molecule has 2 aromatic carbocycles. The molecule has 1 aliphatic heterocycles. The fraction of sp³-hybridized carbons (Fsp3) is 0.333. The minimum Gasteiger partial charge on any atom is -0.504 e. The number of rotatable bonds is 4. The van der Waals surface area contributed by atoms with E-state index in [-0.39, 0.29) is 17.4 Å². The van der Waals surface area contributed by atoms with Gasteiger partial charge in [0.25, 0.3) is 5.91 Å². The summed E-state index contributed by atoms with van der Waals surface area (Å²) in [6.45, 7) is 1.80. The van der Waals surface area contributed by atoms with Crippen LogP contribution in [0.25, 0.3) is 0 Å². The second-order valence-corrected chi connectivity index (χ2v) is 7.45. The monoisotopic (exact) mass is 418 g/mol. The molecular weight excluding hydrogens is 396 g/mol. The zero-order chi connectivity index (χ0) is 21.0. The number of halogens is 1. The maximum Gasteiger partial charge on any atom is 0.254 e. The molecule has 7 nitrogen and oxygen atoms in total. The summed E-state index contributed by atoms with van der Waals surface area (Å²) < 4.78 is 0. The number of carbonyl (C=O) groups excluding carboxylic acids is 2. The summed E-state index contributed by atoms with van der Waals surface area (Å²) in [5, 5.41) is 29.3. The van der Waals surface area contributed by atoms with Gasteiger partial charge in [-0.1, -0.05) is 23.7 Å². The van der Waals surface area contributed by atoms with Crippen molar-refractivity contribution in [2.45, 2.75) is 19.3 Å². The highest BCUT2D eigenvalue weighted by molar-refractivity contribution is 6.30. The number of benzene rings is 2. The minimum atomic E-state index is -0.658. The van der Waals surface area contributed by atoms with Crippen LogP contribution in [-0.4, -0.2) is 63.1 Å².